The van der Waals surface area contributed by atoms with E-state index in [1.165, 1.54) is 12.5 Å². The first-order chi connectivity index (χ1) is 26.8. The molecule has 4 aromatic rings. The molecular formula is C44H53N3O7S. The molecule has 0 unspecified atom stereocenters. The molecular weight excluding hydrogens is 715 g/mol. The molecule has 3 aromatic carbocycles. The van der Waals surface area contributed by atoms with E-state index < -0.39 is 5.97 Å². The summed E-state index contributed by atoms with van der Waals surface area (Å²) in [5.74, 6) is 0.0648. The Morgan fingerprint density at radius 1 is 0.836 bits per heavy atom. The van der Waals surface area contributed by atoms with Crippen molar-refractivity contribution in [2.45, 2.75) is 90.9 Å². The van der Waals surface area contributed by atoms with E-state index in [9.17, 15) is 14.4 Å². The molecule has 10 nitrogen and oxygen atoms in total. The van der Waals surface area contributed by atoms with Gasteiger partial charge in [0, 0.05) is 18.2 Å². The Morgan fingerprint density at radius 3 is 2.22 bits per heavy atom. The van der Waals surface area contributed by atoms with Crippen LogP contribution in [0.3, 0.4) is 0 Å². The minimum absolute atomic E-state index is 0.284. The summed E-state index contributed by atoms with van der Waals surface area (Å²) in [6.45, 7) is 9.29. The van der Waals surface area contributed by atoms with Crippen molar-refractivity contribution in [1.82, 2.24) is 4.98 Å². The van der Waals surface area contributed by atoms with Crippen molar-refractivity contribution in [2.75, 3.05) is 24.8 Å². The summed E-state index contributed by atoms with van der Waals surface area (Å²) in [7, 11) is 0. The Kier molecular flexibility index (Phi) is 16.3. The summed E-state index contributed by atoms with van der Waals surface area (Å²) < 4.78 is 23.6. The summed E-state index contributed by atoms with van der Waals surface area (Å²) in [6, 6.07) is 20.9. The molecule has 0 saturated heterocycles. The lowest BCUT2D eigenvalue weighted by molar-refractivity contribution is -0.145. The summed E-state index contributed by atoms with van der Waals surface area (Å²) >= 11 is 1.62. The van der Waals surface area contributed by atoms with Crippen LogP contribution in [0.5, 0.6) is 17.2 Å². The number of unbranched alkanes of at least 4 members (excludes halogenated alkanes) is 6. The van der Waals surface area contributed by atoms with Gasteiger partial charge in [0.2, 0.25) is 5.13 Å². The number of hydrogen-bond acceptors (Lipinski definition) is 11. The maximum atomic E-state index is 13.4. The molecule has 1 heterocycles. The van der Waals surface area contributed by atoms with Crippen LogP contribution in [0.15, 0.2) is 84.5 Å². The molecule has 5 rings (SSSR count). The quantitative estimate of drug-likeness (QED) is 0.0204. The van der Waals surface area contributed by atoms with Gasteiger partial charge in [0.1, 0.15) is 17.2 Å². The third-order valence-electron chi connectivity index (χ3n) is 9.59. The zero-order valence-corrected chi connectivity index (χ0v) is 32.9. The van der Waals surface area contributed by atoms with E-state index in [1.807, 2.05) is 48.3 Å². The molecule has 0 atom stereocenters. The van der Waals surface area contributed by atoms with E-state index in [0.29, 0.717) is 56.1 Å². The van der Waals surface area contributed by atoms with Crippen LogP contribution in [0.2, 0.25) is 0 Å². The number of aromatic nitrogens is 1. The Hall–Kier alpha value is -5.03. The van der Waals surface area contributed by atoms with Crippen LogP contribution in [0.25, 0.3) is 10.2 Å². The van der Waals surface area contributed by atoms with Crippen molar-refractivity contribution in [3.05, 3.63) is 90.5 Å². The van der Waals surface area contributed by atoms with Crippen LogP contribution in [-0.2, 0) is 19.1 Å². The number of esters is 3. The second-order valence-corrected chi connectivity index (χ2v) is 14.9. The number of carbonyl (C=O) groups is 3. The van der Waals surface area contributed by atoms with Gasteiger partial charge in [0.05, 0.1) is 41.5 Å². The third kappa shape index (κ3) is 13.1. The van der Waals surface area contributed by atoms with Gasteiger partial charge in [0.15, 0.2) is 0 Å². The molecule has 1 aromatic heterocycles. The number of thiazole rings is 1. The zero-order valence-electron chi connectivity index (χ0n) is 32.1. The molecule has 0 amide bonds. The van der Waals surface area contributed by atoms with Crippen LogP contribution in [0, 0.1) is 18.8 Å². The van der Waals surface area contributed by atoms with E-state index in [4.69, 9.17) is 29.0 Å². The Labute approximate surface area is 328 Å². The number of para-hydroxylation sites is 1. The van der Waals surface area contributed by atoms with Crippen LogP contribution < -0.4 is 19.2 Å². The molecule has 0 N–H and O–H groups in total. The standard InChI is InChI=1S/C44H53N3O7S/c1-4-6-7-12-27-47(44-46-38-15-10-11-16-40(38)55-44)45-31-35-30-32(3)17-26-39(35)54-43(50)34-20-18-33(19-21-34)42(49)53-37-24-22-36(23-25-37)51-28-13-8-9-14-29-52-41(48)5-2/h5,10-11,15-17,22-26,30-31,33-34H,2,4,6-9,12-14,18-21,27-29H2,1,3H3/b45-31+. The van der Waals surface area contributed by atoms with Crippen molar-refractivity contribution >= 4 is 50.8 Å². The highest BCUT2D eigenvalue weighted by Gasteiger charge is 2.32. The normalized spacial score (nSPS) is 15.5. The number of aryl methyl sites for hydroxylation is 1. The average Bonchev–Trinajstić information content (AvgIpc) is 3.64. The van der Waals surface area contributed by atoms with Crippen LogP contribution in [0.4, 0.5) is 5.13 Å². The molecule has 0 bridgehead atoms. The number of nitrogens with zero attached hydrogens (tertiary/aromatic N) is 3. The van der Waals surface area contributed by atoms with Crippen LogP contribution in [0.1, 0.15) is 95.1 Å². The predicted molar refractivity (Wildman–Crippen MR) is 218 cm³/mol. The second-order valence-electron chi connectivity index (χ2n) is 13.9. The van der Waals surface area contributed by atoms with Gasteiger partial charge in [-0.2, -0.15) is 5.10 Å². The number of benzene rings is 3. The molecule has 55 heavy (non-hydrogen) atoms. The van der Waals surface area contributed by atoms with Gasteiger partial charge < -0.3 is 18.9 Å². The van der Waals surface area contributed by atoms with Gasteiger partial charge in [-0.05, 0) is 113 Å². The van der Waals surface area contributed by atoms with Gasteiger partial charge in [-0.25, -0.2) is 14.8 Å². The highest BCUT2D eigenvalue weighted by atomic mass is 32.1. The molecule has 292 valence electrons. The van der Waals surface area contributed by atoms with Gasteiger partial charge >= 0.3 is 17.9 Å². The Balaban J connectivity index is 1.08. The first-order valence-electron chi connectivity index (χ1n) is 19.6. The number of hydrazone groups is 1. The number of rotatable bonds is 21. The molecule has 0 aliphatic heterocycles. The van der Waals surface area contributed by atoms with E-state index >= 15 is 0 Å². The van der Waals surface area contributed by atoms with Gasteiger partial charge in [0.25, 0.3) is 0 Å². The van der Waals surface area contributed by atoms with Gasteiger partial charge in [-0.15, -0.1) is 0 Å². The highest BCUT2D eigenvalue weighted by molar-refractivity contribution is 7.22. The zero-order chi connectivity index (χ0) is 38.8. The van der Waals surface area contributed by atoms with Crippen molar-refractivity contribution < 1.29 is 33.3 Å². The number of hydrogen-bond donors (Lipinski definition) is 0. The molecule has 11 heteroatoms. The molecule has 0 spiro atoms. The summed E-state index contributed by atoms with van der Waals surface area (Å²) in [4.78, 5) is 42.3. The lowest BCUT2D eigenvalue weighted by atomic mass is 9.82. The Bertz CT molecular complexity index is 1850. The topological polar surface area (TPSA) is 117 Å². The van der Waals surface area contributed by atoms with Crippen LogP contribution >= 0.6 is 11.3 Å². The summed E-state index contributed by atoms with van der Waals surface area (Å²) in [5, 5.41) is 7.67. The molecule has 1 fully saturated rings. The maximum Gasteiger partial charge on any atom is 0.330 e. The van der Waals surface area contributed by atoms with Crippen molar-refractivity contribution in [3.63, 3.8) is 0 Å². The minimum Gasteiger partial charge on any atom is -0.494 e. The fourth-order valence-corrected chi connectivity index (χ4v) is 7.34. The van der Waals surface area contributed by atoms with Gasteiger partial charge in [-0.3, -0.25) is 9.59 Å². The summed E-state index contributed by atoms with van der Waals surface area (Å²) in [6.07, 6.45) is 13.2. The van der Waals surface area contributed by atoms with E-state index in [2.05, 4.69) is 19.6 Å². The van der Waals surface area contributed by atoms with E-state index in [-0.39, 0.29) is 23.8 Å². The van der Waals surface area contributed by atoms with Gasteiger partial charge in [-0.1, -0.05) is 67.9 Å². The van der Waals surface area contributed by atoms with Crippen molar-refractivity contribution in [3.8, 4) is 17.2 Å². The predicted octanol–water partition coefficient (Wildman–Crippen LogP) is 10.0. The highest BCUT2D eigenvalue weighted by Crippen LogP contribution is 2.33. The minimum atomic E-state index is -0.393. The SMILES string of the molecule is C=CC(=O)OCCCCCCOc1ccc(OC(=O)C2CCC(C(=O)Oc3ccc(C)cc3/C=N/N(CCCCCC)c3nc4ccccc4s3)CC2)cc1. The van der Waals surface area contributed by atoms with Crippen molar-refractivity contribution in [2.24, 2.45) is 16.9 Å². The lowest BCUT2D eigenvalue weighted by Gasteiger charge is -2.26. The fourth-order valence-electron chi connectivity index (χ4n) is 6.39. The fraction of sp³-hybridized carbons (Fsp3) is 0.432. The molecule has 0 radical (unpaired) electrons. The van der Waals surface area contributed by atoms with Crippen LogP contribution in [-0.4, -0.2) is 48.9 Å². The monoisotopic (exact) mass is 767 g/mol. The first kappa shape index (κ1) is 41.1. The Morgan fingerprint density at radius 2 is 1.51 bits per heavy atom. The molecule has 1 aliphatic carbocycles. The molecule has 1 aliphatic rings. The average molecular weight is 768 g/mol. The van der Waals surface area contributed by atoms with E-state index in [0.717, 1.165) is 78.0 Å². The molecule has 1 saturated carbocycles. The number of fused-ring (bicyclic) bond motifs is 1. The largest absolute Gasteiger partial charge is 0.494 e. The third-order valence-corrected chi connectivity index (χ3v) is 10.6. The van der Waals surface area contributed by atoms with E-state index in [1.54, 1.807) is 41.8 Å². The maximum absolute atomic E-state index is 13.4. The van der Waals surface area contributed by atoms with Crippen molar-refractivity contribution in [1.29, 1.82) is 0 Å². The number of anilines is 1. The smallest absolute Gasteiger partial charge is 0.330 e. The number of ether oxygens (including phenoxy) is 4. The first-order valence-corrected chi connectivity index (χ1v) is 20.4. The lowest BCUT2D eigenvalue weighted by Crippen LogP contribution is -2.30. The summed E-state index contributed by atoms with van der Waals surface area (Å²) in [5.41, 5.74) is 2.71. The number of carbonyl (C=O) groups excluding carboxylic acids is 3. The second kappa shape index (κ2) is 21.8.